The number of aromatic nitrogens is 1. The zero-order chi connectivity index (χ0) is 10.7. The SMILES string of the molecule is COC(=O)C(O)C(O)c1cc(I)c[nH]1. The lowest BCUT2D eigenvalue weighted by molar-refractivity contribution is -0.157. The molecule has 0 aliphatic rings. The molecular weight excluding hydrogens is 301 g/mol. The Morgan fingerprint density at radius 2 is 2.29 bits per heavy atom. The highest BCUT2D eigenvalue weighted by atomic mass is 127. The van der Waals surface area contributed by atoms with Gasteiger partial charge in [0.1, 0.15) is 6.10 Å². The molecule has 0 aliphatic heterocycles. The number of hydrogen-bond donors (Lipinski definition) is 3. The van der Waals surface area contributed by atoms with Crippen LogP contribution in [0.25, 0.3) is 0 Å². The lowest BCUT2D eigenvalue weighted by Crippen LogP contribution is -2.29. The normalized spacial score (nSPS) is 14.9. The molecule has 2 unspecified atom stereocenters. The van der Waals surface area contributed by atoms with Crippen LogP contribution in [-0.2, 0) is 9.53 Å². The van der Waals surface area contributed by atoms with Crippen molar-refractivity contribution >= 4 is 28.6 Å². The molecule has 0 amide bonds. The summed E-state index contributed by atoms with van der Waals surface area (Å²) in [4.78, 5) is 13.6. The van der Waals surface area contributed by atoms with E-state index in [0.717, 1.165) is 10.7 Å². The minimum atomic E-state index is -1.56. The zero-order valence-electron chi connectivity index (χ0n) is 7.40. The second-order valence-electron chi connectivity index (χ2n) is 2.69. The van der Waals surface area contributed by atoms with Crippen LogP contribution in [0, 0.1) is 3.57 Å². The first-order valence-corrected chi connectivity index (χ1v) is 4.92. The van der Waals surface area contributed by atoms with Gasteiger partial charge in [-0.2, -0.15) is 0 Å². The van der Waals surface area contributed by atoms with E-state index in [1.807, 2.05) is 22.6 Å². The molecular formula is C8H10INO4. The predicted molar refractivity (Wildman–Crippen MR) is 56.5 cm³/mol. The van der Waals surface area contributed by atoms with Gasteiger partial charge < -0.3 is 19.9 Å². The fourth-order valence-corrected chi connectivity index (χ4v) is 1.47. The van der Waals surface area contributed by atoms with E-state index in [-0.39, 0.29) is 0 Å². The maximum atomic E-state index is 10.9. The molecule has 5 nitrogen and oxygen atoms in total. The number of halogens is 1. The van der Waals surface area contributed by atoms with Crippen LogP contribution >= 0.6 is 22.6 Å². The third-order valence-corrected chi connectivity index (χ3v) is 2.35. The highest BCUT2D eigenvalue weighted by Gasteiger charge is 2.27. The molecule has 14 heavy (non-hydrogen) atoms. The summed E-state index contributed by atoms with van der Waals surface area (Å²) in [6.07, 6.45) is -1.19. The predicted octanol–water partition coefficient (Wildman–Crippen LogP) is 0.187. The molecule has 3 N–H and O–H groups in total. The Bertz CT molecular complexity index is 325. The first kappa shape index (κ1) is 11.5. The van der Waals surface area contributed by atoms with Crippen LogP contribution in [-0.4, -0.2) is 34.4 Å². The van der Waals surface area contributed by atoms with Crippen LogP contribution in [0.3, 0.4) is 0 Å². The molecule has 0 radical (unpaired) electrons. The van der Waals surface area contributed by atoms with E-state index in [0.29, 0.717) is 5.69 Å². The van der Waals surface area contributed by atoms with Gasteiger partial charge in [0.2, 0.25) is 0 Å². The Balaban J connectivity index is 2.74. The second kappa shape index (κ2) is 4.76. The number of methoxy groups -OCH3 is 1. The summed E-state index contributed by atoms with van der Waals surface area (Å²) in [7, 11) is 1.15. The number of nitrogens with one attached hydrogen (secondary N) is 1. The van der Waals surface area contributed by atoms with Crippen LogP contribution in [0.4, 0.5) is 0 Å². The summed E-state index contributed by atoms with van der Waals surface area (Å²) >= 11 is 2.04. The van der Waals surface area contributed by atoms with Gasteiger partial charge in [0, 0.05) is 15.5 Å². The molecule has 1 rings (SSSR count). The van der Waals surface area contributed by atoms with Crippen LogP contribution in [0.1, 0.15) is 11.8 Å². The van der Waals surface area contributed by atoms with Gasteiger partial charge >= 0.3 is 5.97 Å². The number of aromatic amines is 1. The Kier molecular flexibility index (Phi) is 3.90. The topological polar surface area (TPSA) is 82.6 Å². The summed E-state index contributed by atoms with van der Waals surface area (Å²) in [5.74, 6) is -0.859. The number of hydrogen-bond acceptors (Lipinski definition) is 4. The monoisotopic (exact) mass is 311 g/mol. The third-order valence-electron chi connectivity index (χ3n) is 1.73. The number of ether oxygens (including phenoxy) is 1. The smallest absolute Gasteiger partial charge is 0.337 e. The molecule has 6 heteroatoms. The average Bonchev–Trinajstić information content (AvgIpc) is 2.61. The molecule has 1 heterocycles. The van der Waals surface area contributed by atoms with Crippen molar-refractivity contribution in [3.05, 3.63) is 21.5 Å². The van der Waals surface area contributed by atoms with Crippen molar-refractivity contribution in [1.82, 2.24) is 4.98 Å². The van der Waals surface area contributed by atoms with Crippen LogP contribution < -0.4 is 0 Å². The Morgan fingerprint density at radius 3 is 2.71 bits per heavy atom. The molecule has 0 saturated heterocycles. The standard InChI is InChI=1S/C8H10INO4/c1-14-8(13)7(12)6(11)5-2-4(9)3-10-5/h2-3,6-7,10-12H,1H3. The fraction of sp³-hybridized carbons (Fsp3) is 0.375. The van der Waals surface area contributed by atoms with Gasteiger partial charge in [-0.05, 0) is 28.7 Å². The summed E-state index contributed by atoms with van der Waals surface area (Å²) in [6.45, 7) is 0. The van der Waals surface area contributed by atoms with Crippen molar-refractivity contribution in [1.29, 1.82) is 0 Å². The van der Waals surface area contributed by atoms with Crippen molar-refractivity contribution in [3.8, 4) is 0 Å². The van der Waals surface area contributed by atoms with E-state index in [9.17, 15) is 15.0 Å². The Morgan fingerprint density at radius 1 is 1.64 bits per heavy atom. The van der Waals surface area contributed by atoms with Crippen LogP contribution in [0.15, 0.2) is 12.3 Å². The van der Waals surface area contributed by atoms with Gasteiger partial charge in [-0.25, -0.2) is 4.79 Å². The highest BCUT2D eigenvalue weighted by Crippen LogP contribution is 2.18. The van der Waals surface area contributed by atoms with Crippen molar-refractivity contribution in [2.45, 2.75) is 12.2 Å². The van der Waals surface area contributed by atoms with Crippen molar-refractivity contribution in [3.63, 3.8) is 0 Å². The summed E-state index contributed by atoms with van der Waals surface area (Å²) < 4.78 is 5.18. The summed E-state index contributed by atoms with van der Waals surface area (Å²) in [6, 6.07) is 1.64. The number of aliphatic hydroxyl groups is 2. The van der Waals surface area contributed by atoms with E-state index >= 15 is 0 Å². The number of aliphatic hydroxyl groups excluding tert-OH is 2. The van der Waals surface area contributed by atoms with Crippen LogP contribution in [0.2, 0.25) is 0 Å². The molecule has 0 aromatic carbocycles. The number of H-pyrrole nitrogens is 1. The first-order valence-electron chi connectivity index (χ1n) is 3.84. The summed E-state index contributed by atoms with van der Waals surface area (Å²) in [5.41, 5.74) is 0.382. The highest BCUT2D eigenvalue weighted by molar-refractivity contribution is 14.1. The lowest BCUT2D eigenvalue weighted by atomic mass is 10.1. The van der Waals surface area contributed by atoms with Gasteiger partial charge in [0.25, 0.3) is 0 Å². The second-order valence-corrected chi connectivity index (χ2v) is 3.93. The maximum absolute atomic E-state index is 10.9. The molecule has 0 bridgehead atoms. The fourth-order valence-electron chi connectivity index (χ4n) is 0.975. The van der Waals surface area contributed by atoms with E-state index < -0.39 is 18.2 Å². The molecule has 2 atom stereocenters. The van der Waals surface area contributed by atoms with Gasteiger partial charge in [0.05, 0.1) is 7.11 Å². The van der Waals surface area contributed by atoms with Gasteiger partial charge in [-0.15, -0.1) is 0 Å². The first-order chi connectivity index (χ1) is 6.56. The zero-order valence-corrected chi connectivity index (χ0v) is 9.56. The molecule has 78 valence electrons. The summed E-state index contributed by atoms with van der Waals surface area (Å²) in [5, 5.41) is 18.8. The molecule has 0 saturated carbocycles. The van der Waals surface area contributed by atoms with Gasteiger partial charge in [-0.3, -0.25) is 0 Å². The number of esters is 1. The van der Waals surface area contributed by atoms with E-state index in [1.54, 1.807) is 12.3 Å². The maximum Gasteiger partial charge on any atom is 0.337 e. The molecule has 0 fully saturated rings. The minimum Gasteiger partial charge on any atom is -0.467 e. The number of carbonyl (C=O) groups is 1. The molecule has 0 spiro atoms. The van der Waals surface area contributed by atoms with E-state index in [2.05, 4.69) is 9.72 Å². The van der Waals surface area contributed by atoms with E-state index in [4.69, 9.17) is 0 Å². The minimum absolute atomic E-state index is 0.382. The Hall–Kier alpha value is -0.600. The van der Waals surface area contributed by atoms with E-state index in [1.165, 1.54) is 0 Å². The lowest BCUT2D eigenvalue weighted by Gasteiger charge is -2.13. The number of rotatable bonds is 3. The van der Waals surface area contributed by atoms with Crippen LogP contribution in [0.5, 0.6) is 0 Å². The largest absolute Gasteiger partial charge is 0.467 e. The van der Waals surface area contributed by atoms with Crippen molar-refractivity contribution in [2.24, 2.45) is 0 Å². The van der Waals surface area contributed by atoms with Gasteiger partial charge in [-0.1, -0.05) is 0 Å². The Labute approximate surface area is 94.2 Å². The van der Waals surface area contributed by atoms with Crippen molar-refractivity contribution < 1.29 is 19.7 Å². The molecule has 1 aromatic heterocycles. The third kappa shape index (κ3) is 2.46. The quantitative estimate of drug-likeness (QED) is 0.550. The average molecular weight is 311 g/mol. The van der Waals surface area contributed by atoms with Gasteiger partial charge in [0.15, 0.2) is 6.10 Å². The molecule has 1 aromatic rings. The number of carbonyl (C=O) groups excluding carboxylic acids is 1. The van der Waals surface area contributed by atoms with Crippen molar-refractivity contribution in [2.75, 3.05) is 7.11 Å². The molecule has 0 aliphatic carbocycles.